The van der Waals surface area contributed by atoms with Crippen molar-refractivity contribution in [2.75, 3.05) is 0 Å². The molecular weight excluding hydrogens is 569 g/mol. The Hall–Kier alpha value is -4.32. The topological polar surface area (TPSA) is 43.4 Å². The second-order valence-corrected chi connectivity index (χ2v) is 14.1. The summed E-state index contributed by atoms with van der Waals surface area (Å²) >= 11 is 1.79. The maximum absolute atomic E-state index is 13.2. The zero-order valence-electron chi connectivity index (χ0n) is 24.3. The van der Waals surface area contributed by atoms with Crippen LogP contribution in [0.1, 0.15) is 26.3 Å². The van der Waals surface area contributed by atoms with Gasteiger partial charge in [-0.3, -0.25) is 0 Å². The lowest BCUT2D eigenvalue weighted by Crippen LogP contribution is -2.12. The molecule has 7 aromatic rings. The van der Waals surface area contributed by atoms with Gasteiger partial charge in [0.15, 0.2) is 0 Å². The van der Waals surface area contributed by atoms with Crippen LogP contribution in [0, 0.1) is 0 Å². The van der Waals surface area contributed by atoms with Gasteiger partial charge in [0.1, 0.15) is 10.6 Å². The Kier molecular flexibility index (Phi) is 7.87. The first kappa shape index (κ1) is 28.8. The molecule has 0 aliphatic heterocycles. The molecule has 0 saturated carbocycles. The van der Waals surface area contributed by atoms with E-state index in [-0.39, 0.29) is 10.3 Å². The molecule has 214 valence electrons. The summed E-state index contributed by atoms with van der Waals surface area (Å²) in [6.07, 6.45) is 0. The summed E-state index contributed by atoms with van der Waals surface area (Å²) in [4.78, 5) is 2.76. The molecule has 0 amide bonds. The molecule has 0 bridgehead atoms. The first-order valence-electron chi connectivity index (χ1n) is 14.2. The highest BCUT2D eigenvalue weighted by Crippen LogP contribution is 2.38. The number of hydrogen-bond donors (Lipinski definition) is 0. The second-order valence-electron chi connectivity index (χ2n) is 11.5. The van der Waals surface area contributed by atoms with Gasteiger partial charge in [-0.2, -0.15) is 8.42 Å². The van der Waals surface area contributed by atoms with Gasteiger partial charge < -0.3 is 4.18 Å². The third-order valence-corrected chi connectivity index (χ3v) is 9.73. The minimum Gasteiger partial charge on any atom is -0.379 e. The molecule has 43 heavy (non-hydrogen) atoms. The van der Waals surface area contributed by atoms with Crippen molar-refractivity contribution in [2.24, 2.45) is 0 Å². The Morgan fingerprint density at radius 2 is 1.05 bits per heavy atom. The first-order valence-corrected chi connectivity index (χ1v) is 16.4. The van der Waals surface area contributed by atoms with Crippen LogP contribution in [0.25, 0.3) is 32.3 Å². The molecule has 0 spiro atoms. The lowest BCUT2D eigenvalue weighted by molar-refractivity contribution is 0.486. The molecule has 3 nitrogen and oxygen atoms in total. The summed E-state index contributed by atoms with van der Waals surface area (Å²) < 4.78 is 31.9. The van der Waals surface area contributed by atoms with E-state index < -0.39 is 10.1 Å². The van der Waals surface area contributed by atoms with E-state index in [2.05, 4.69) is 87.5 Å². The largest absolute Gasteiger partial charge is 0.379 e. The van der Waals surface area contributed by atoms with E-state index in [9.17, 15) is 8.42 Å². The van der Waals surface area contributed by atoms with Gasteiger partial charge in [0.05, 0.1) is 0 Å². The highest BCUT2D eigenvalue weighted by atomic mass is 32.2. The maximum Gasteiger partial charge on any atom is 0.339 e. The predicted octanol–water partition coefficient (Wildman–Crippen LogP) is 10.5. The van der Waals surface area contributed by atoms with E-state index in [1.54, 1.807) is 30.0 Å². The molecule has 0 saturated heterocycles. The van der Waals surface area contributed by atoms with Crippen molar-refractivity contribution < 1.29 is 12.6 Å². The summed E-state index contributed by atoms with van der Waals surface area (Å²) in [7, 11) is -3.99. The molecule has 7 aromatic carbocycles. The summed E-state index contributed by atoms with van der Waals surface area (Å²) in [6, 6.07) is 45.6. The van der Waals surface area contributed by atoms with Crippen LogP contribution >= 0.6 is 11.8 Å². The zero-order valence-corrected chi connectivity index (χ0v) is 26.0. The van der Waals surface area contributed by atoms with Crippen molar-refractivity contribution in [2.45, 2.75) is 40.9 Å². The van der Waals surface area contributed by atoms with Gasteiger partial charge in [0, 0.05) is 15.2 Å². The van der Waals surface area contributed by atoms with E-state index >= 15 is 0 Å². The van der Waals surface area contributed by atoms with Crippen LogP contribution in [-0.4, -0.2) is 8.42 Å². The molecule has 5 heteroatoms. The van der Waals surface area contributed by atoms with E-state index in [0.717, 1.165) is 32.5 Å². The third kappa shape index (κ3) is 6.24. The number of hydrogen-bond acceptors (Lipinski definition) is 4. The Balaban J connectivity index is 0.000000211. The van der Waals surface area contributed by atoms with Gasteiger partial charge in [-0.1, -0.05) is 130 Å². The van der Waals surface area contributed by atoms with Gasteiger partial charge in [-0.15, -0.1) is 0 Å². The summed E-state index contributed by atoms with van der Waals surface area (Å²) in [5, 5.41) is 5.93. The lowest BCUT2D eigenvalue weighted by atomic mass is 9.87. The molecule has 0 aliphatic carbocycles. The fourth-order valence-electron chi connectivity index (χ4n) is 5.22. The van der Waals surface area contributed by atoms with Gasteiger partial charge in [0.25, 0.3) is 0 Å². The quantitative estimate of drug-likeness (QED) is 0.146. The van der Waals surface area contributed by atoms with Gasteiger partial charge in [0.2, 0.25) is 0 Å². The monoisotopic (exact) mass is 600 g/mol. The molecule has 0 heterocycles. The van der Waals surface area contributed by atoms with Crippen LogP contribution in [0.15, 0.2) is 154 Å². The van der Waals surface area contributed by atoms with Crippen LogP contribution < -0.4 is 4.18 Å². The molecule has 0 unspecified atom stereocenters. The van der Waals surface area contributed by atoms with Crippen LogP contribution in [-0.2, 0) is 15.5 Å². The van der Waals surface area contributed by atoms with Crippen LogP contribution in [0.5, 0.6) is 5.75 Å². The Labute approximate surface area is 257 Å². The smallest absolute Gasteiger partial charge is 0.339 e. The summed E-state index contributed by atoms with van der Waals surface area (Å²) in [5.41, 5.74) is 1.11. The second kappa shape index (κ2) is 11.8. The zero-order chi connectivity index (χ0) is 30.0. The van der Waals surface area contributed by atoms with E-state index in [0.29, 0.717) is 11.1 Å². The van der Waals surface area contributed by atoms with Gasteiger partial charge >= 0.3 is 10.1 Å². The SMILES string of the molecule is CC(C)(C)c1ccc(OS(=O)(=O)c2ccc3ccc4cccc5ccc2c3c45)cc1.c1ccc(Sc2ccccc2)cc1. The van der Waals surface area contributed by atoms with Crippen molar-refractivity contribution in [1.82, 2.24) is 0 Å². The Morgan fingerprint density at radius 3 is 1.60 bits per heavy atom. The van der Waals surface area contributed by atoms with Gasteiger partial charge in [-0.05, 0) is 80.4 Å². The minimum absolute atomic E-state index is 0.0104. The fourth-order valence-corrected chi connectivity index (χ4v) is 7.21. The molecule has 0 N–H and O–H groups in total. The van der Waals surface area contributed by atoms with Crippen LogP contribution in [0.3, 0.4) is 0 Å². The molecule has 0 aromatic heterocycles. The number of rotatable bonds is 5. The third-order valence-electron chi connectivity index (χ3n) is 7.41. The van der Waals surface area contributed by atoms with E-state index in [1.807, 2.05) is 54.6 Å². The Bertz CT molecular complexity index is 2040. The highest BCUT2D eigenvalue weighted by Gasteiger charge is 2.22. The normalized spacial score (nSPS) is 11.9. The molecule has 0 atom stereocenters. The van der Waals surface area contributed by atoms with E-state index in [4.69, 9.17) is 4.18 Å². The molecule has 0 radical (unpaired) electrons. The first-order chi connectivity index (χ1) is 20.7. The molecule has 0 fully saturated rings. The Morgan fingerprint density at radius 1 is 0.535 bits per heavy atom. The maximum atomic E-state index is 13.2. The van der Waals surface area contributed by atoms with Crippen molar-refractivity contribution in [1.29, 1.82) is 0 Å². The minimum atomic E-state index is -3.99. The van der Waals surface area contributed by atoms with Gasteiger partial charge in [-0.25, -0.2) is 0 Å². The molecular formula is C38H32O3S2. The lowest BCUT2D eigenvalue weighted by Gasteiger charge is -2.19. The van der Waals surface area contributed by atoms with E-state index in [1.165, 1.54) is 9.79 Å². The average molecular weight is 601 g/mol. The van der Waals surface area contributed by atoms with Crippen molar-refractivity contribution in [3.05, 3.63) is 145 Å². The van der Waals surface area contributed by atoms with Crippen LogP contribution in [0.2, 0.25) is 0 Å². The summed E-state index contributed by atoms with van der Waals surface area (Å²) in [5.74, 6) is 0.314. The van der Waals surface area contributed by atoms with Crippen LogP contribution in [0.4, 0.5) is 0 Å². The van der Waals surface area contributed by atoms with Crippen molar-refractivity contribution in [3.63, 3.8) is 0 Å². The summed E-state index contributed by atoms with van der Waals surface area (Å²) in [6.45, 7) is 6.35. The van der Waals surface area contributed by atoms with Crippen molar-refractivity contribution in [3.8, 4) is 5.75 Å². The number of benzene rings is 7. The highest BCUT2D eigenvalue weighted by molar-refractivity contribution is 7.99. The standard InChI is InChI=1S/C26H22O3S.C12H10S/c1-26(2,3)20-11-13-21(14-12-20)29-30(27,28)23-16-10-19-8-7-17-5-4-6-18-9-15-22(23)25(19)24(17)18;1-3-7-11(8-4-1)13-12-9-5-2-6-10-12/h4-16H,1-3H3;1-10H. The molecule has 0 aliphatic rings. The fraction of sp³-hybridized carbons (Fsp3) is 0.105. The predicted molar refractivity (Wildman–Crippen MR) is 180 cm³/mol. The van der Waals surface area contributed by atoms with Crippen molar-refractivity contribution >= 4 is 54.2 Å². The molecule has 7 rings (SSSR count). The average Bonchev–Trinajstić information content (AvgIpc) is 3.01.